The molecule has 5 aliphatic heterocycles. The molecule has 2 aromatic heterocycles. The van der Waals surface area contributed by atoms with Crippen molar-refractivity contribution in [1.82, 2.24) is 0 Å². The average Bonchev–Trinajstić information content (AvgIpc) is 3.89. The van der Waals surface area contributed by atoms with Crippen molar-refractivity contribution < 1.29 is 35.2 Å². The number of dihydropyridines is 1. The molecule has 16 heteroatoms. The number of benzene rings is 2. The van der Waals surface area contributed by atoms with Crippen LogP contribution in [0, 0.1) is 5.92 Å². The van der Waals surface area contributed by atoms with Crippen LogP contribution in [-0.2, 0) is 12.4 Å². The van der Waals surface area contributed by atoms with Crippen molar-refractivity contribution in [1.29, 1.82) is 0 Å². The number of hydrogen-bond donors (Lipinski definition) is 2. The minimum absolute atomic E-state index is 0.0790. The molecular formula is C41H36F6N8O2. The molecule has 2 fully saturated rings. The summed E-state index contributed by atoms with van der Waals surface area (Å²) in [7, 11) is 0. The van der Waals surface area contributed by atoms with Crippen LogP contribution < -0.4 is 20.4 Å². The van der Waals surface area contributed by atoms with Crippen LogP contribution >= 0.6 is 0 Å². The molecule has 0 saturated carbocycles. The first-order valence-electron chi connectivity index (χ1n) is 18.8. The molecule has 294 valence electrons. The molecule has 9 rings (SSSR count). The van der Waals surface area contributed by atoms with Gasteiger partial charge in [0.1, 0.15) is 23.9 Å². The normalized spacial score (nSPS) is 19.6. The molecular weight excluding hydrogens is 750 g/mol. The highest BCUT2D eigenvalue weighted by molar-refractivity contribution is 6.27. The zero-order valence-electron chi connectivity index (χ0n) is 30.4. The number of allylic oxidation sites excluding steroid dienone is 2. The van der Waals surface area contributed by atoms with Crippen molar-refractivity contribution in [2.24, 2.45) is 25.9 Å². The second-order valence-electron chi connectivity index (χ2n) is 14.4. The van der Waals surface area contributed by atoms with Gasteiger partial charge in [-0.3, -0.25) is 0 Å². The molecule has 2 aromatic carbocycles. The third-order valence-corrected chi connectivity index (χ3v) is 10.6. The third-order valence-electron chi connectivity index (χ3n) is 10.6. The van der Waals surface area contributed by atoms with Gasteiger partial charge in [0.25, 0.3) is 0 Å². The van der Waals surface area contributed by atoms with Crippen LogP contribution in [0.5, 0.6) is 0 Å². The van der Waals surface area contributed by atoms with Crippen LogP contribution in [0.3, 0.4) is 0 Å². The SMILES string of the molecule is FC(F)(F)c1ccc(Nc2cc(N3CCCCC3)ccc2C2=CC3=CC(c4ccc(N5CCCCC5)cc4Nc4ccc(C(F)(F)F)o4)=NC4=NC=NC(=N2)C34)o1. The molecule has 0 bridgehead atoms. The third kappa shape index (κ3) is 7.47. The molecule has 7 heterocycles. The molecule has 2 saturated heterocycles. The Morgan fingerprint density at radius 1 is 0.596 bits per heavy atom. The molecule has 57 heavy (non-hydrogen) atoms. The maximum absolute atomic E-state index is 13.5. The summed E-state index contributed by atoms with van der Waals surface area (Å²) in [5.41, 5.74) is 5.75. The summed E-state index contributed by atoms with van der Waals surface area (Å²) < 4.78 is 91.3. The Hall–Kier alpha value is -6.06. The Bertz CT molecular complexity index is 2270. The van der Waals surface area contributed by atoms with Crippen molar-refractivity contribution in [3.8, 4) is 0 Å². The number of piperidine rings is 2. The van der Waals surface area contributed by atoms with Crippen LogP contribution in [0.2, 0.25) is 0 Å². The van der Waals surface area contributed by atoms with Gasteiger partial charge in [-0.15, -0.1) is 0 Å². The molecule has 4 aromatic rings. The van der Waals surface area contributed by atoms with E-state index in [1.807, 2.05) is 48.6 Å². The van der Waals surface area contributed by atoms with Crippen molar-refractivity contribution in [2.75, 3.05) is 46.6 Å². The van der Waals surface area contributed by atoms with Crippen molar-refractivity contribution in [2.45, 2.75) is 50.9 Å². The van der Waals surface area contributed by atoms with E-state index in [0.717, 1.165) is 93.8 Å². The molecule has 1 unspecified atom stereocenters. The van der Waals surface area contributed by atoms with E-state index in [-0.39, 0.29) is 11.8 Å². The molecule has 0 spiro atoms. The lowest BCUT2D eigenvalue weighted by Crippen LogP contribution is -2.32. The largest absolute Gasteiger partial charge is 0.449 e. The number of furan rings is 2. The van der Waals surface area contributed by atoms with Crippen molar-refractivity contribution in [3.05, 3.63) is 101 Å². The minimum Gasteiger partial charge on any atom is -0.436 e. The number of nitrogens with zero attached hydrogens (tertiary/aromatic N) is 6. The number of aliphatic imine (C=N–C) groups is 4. The van der Waals surface area contributed by atoms with E-state index in [2.05, 4.69) is 30.4 Å². The summed E-state index contributed by atoms with van der Waals surface area (Å²) in [4.78, 5) is 23.3. The van der Waals surface area contributed by atoms with E-state index >= 15 is 0 Å². The number of hydrogen-bond acceptors (Lipinski definition) is 10. The quantitative estimate of drug-likeness (QED) is 0.172. The fourth-order valence-corrected chi connectivity index (χ4v) is 7.80. The van der Waals surface area contributed by atoms with Crippen LogP contribution in [0.25, 0.3) is 5.70 Å². The topological polar surface area (TPSA) is 106 Å². The Balaban J connectivity index is 1.11. The van der Waals surface area contributed by atoms with Crippen LogP contribution in [0.15, 0.2) is 107 Å². The first kappa shape index (κ1) is 36.6. The van der Waals surface area contributed by atoms with E-state index < -0.39 is 29.8 Å². The van der Waals surface area contributed by atoms with E-state index in [1.54, 1.807) is 0 Å². The molecule has 0 aliphatic carbocycles. The van der Waals surface area contributed by atoms with E-state index in [9.17, 15) is 26.3 Å². The fraction of sp³-hybridized carbons (Fsp3) is 0.317. The van der Waals surface area contributed by atoms with E-state index in [0.29, 0.717) is 45.6 Å². The van der Waals surface area contributed by atoms with Gasteiger partial charge in [0.15, 0.2) is 11.8 Å². The highest BCUT2D eigenvalue weighted by atomic mass is 19.4. The zero-order chi connectivity index (χ0) is 39.3. The Kier molecular flexibility index (Phi) is 9.28. The van der Waals surface area contributed by atoms with Gasteiger partial charge in [0.05, 0.1) is 22.8 Å². The lowest BCUT2D eigenvalue weighted by Gasteiger charge is -2.31. The van der Waals surface area contributed by atoms with E-state index in [1.165, 1.54) is 18.5 Å². The summed E-state index contributed by atoms with van der Waals surface area (Å²) in [5.74, 6) is -2.02. The van der Waals surface area contributed by atoms with Gasteiger partial charge in [0, 0.05) is 60.8 Å². The summed E-state index contributed by atoms with van der Waals surface area (Å²) in [6.45, 7) is 3.43. The van der Waals surface area contributed by atoms with Crippen LogP contribution in [-0.4, -0.2) is 49.9 Å². The smallest absolute Gasteiger partial charge is 0.436 e. The number of rotatable bonds is 8. The first-order valence-corrected chi connectivity index (χ1v) is 18.8. The van der Waals surface area contributed by atoms with Gasteiger partial charge >= 0.3 is 12.4 Å². The van der Waals surface area contributed by atoms with Crippen molar-refractivity contribution >= 4 is 63.9 Å². The summed E-state index contributed by atoms with van der Waals surface area (Å²) in [6, 6.07) is 15.8. The number of nitrogens with one attached hydrogen (secondary N) is 2. The van der Waals surface area contributed by atoms with Crippen LogP contribution in [0.4, 0.5) is 60.9 Å². The number of alkyl halides is 6. The van der Waals surface area contributed by atoms with Gasteiger partial charge in [-0.05, 0) is 105 Å². The average molecular weight is 787 g/mol. The van der Waals surface area contributed by atoms with Gasteiger partial charge in [0.2, 0.25) is 11.5 Å². The predicted octanol–water partition coefficient (Wildman–Crippen LogP) is 10.6. The summed E-state index contributed by atoms with van der Waals surface area (Å²) in [5, 5.41) is 6.16. The van der Waals surface area contributed by atoms with Gasteiger partial charge in [-0.1, -0.05) is 0 Å². The Morgan fingerprint density at radius 2 is 1.14 bits per heavy atom. The summed E-state index contributed by atoms with van der Waals surface area (Å²) in [6.07, 6.45) is 2.22. The fourth-order valence-electron chi connectivity index (χ4n) is 7.80. The van der Waals surface area contributed by atoms with Gasteiger partial charge in [-0.2, -0.15) is 26.3 Å². The lowest BCUT2D eigenvalue weighted by atomic mass is 9.86. The maximum atomic E-state index is 13.5. The zero-order valence-corrected chi connectivity index (χ0v) is 30.4. The first-order chi connectivity index (χ1) is 27.5. The second kappa shape index (κ2) is 14.5. The molecule has 5 aliphatic rings. The molecule has 2 N–H and O–H groups in total. The van der Waals surface area contributed by atoms with Crippen LogP contribution in [0.1, 0.15) is 61.2 Å². The number of halogens is 6. The minimum atomic E-state index is -4.65. The second-order valence-corrected chi connectivity index (χ2v) is 14.4. The predicted molar refractivity (Wildman–Crippen MR) is 208 cm³/mol. The molecule has 0 radical (unpaired) electrons. The van der Waals surface area contributed by atoms with E-state index in [4.69, 9.17) is 18.8 Å². The highest BCUT2D eigenvalue weighted by Crippen LogP contribution is 2.41. The standard InChI is InChI=1S/C41H36F6N8O2/c42-40(43,44)33-11-13-35(56-33)50-31-21-25(54-15-3-1-4-16-54)7-9-27(31)29-19-24-20-30(53-39-37(24)38(52-29)48-23-49-39)28-10-8-26(55-17-5-2-6-18-55)22-32(28)51-36-14-12-34(57-36)41(45,46)47/h7-14,19-23,37,50-51H,1-6,15-18H2. The molecule has 10 nitrogen and oxygen atoms in total. The Morgan fingerprint density at radius 3 is 1.68 bits per heavy atom. The van der Waals surface area contributed by atoms with Gasteiger partial charge in [-0.25, -0.2) is 20.0 Å². The highest BCUT2D eigenvalue weighted by Gasteiger charge is 2.37. The molecule has 1 atom stereocenters. The molecule has 0 amide bonds. The number of anilines is 6. The van der Waals surface area contributed by atoms with Gasteiger partial charge < -0.3 is 29.3 Å². The lowest BCUT2D eigenvalue weighted by molar-refractivity contribution is -0.153. The maximum Gasteiger partial charge on any atom is 0.449 e. The Labute approximate surface area is 323 Å². The number of amidine groups is 2. The monoisotopic (exact) mass is 786 g/mol. The van der Waals surface area contributed by atoms with Crippen molar-refractivity contribution in [3.63, 3.8) is 0 Å². The summed E-state index contributed by atoms with van der Waals surface area (Å²) >= 11 is 0.